The molecule has 3 N–H and O–H groups in total. The van der Waals surface area contributed by atoms with Gasteiger partial charge in [-0.2, -0.15) is 0 Å². The number of carbonyl (C=O) groups excluding carboxylic acids is 1. The second-order valence-electron chi connectivity index (χ2n) is 7.90. The highest BCUT2D eigenvalue weighted by atomic mass is 16.2. The lowest BCUT2D eigenvalue weighted by atomic mass is 9.80. The molecule has 0 spiro atoms. The predicted molar refractivity (Wildman–Crippen MR) is 91.9 cm³/mol. The summed E-state index contributed by atoms with van der Waals surface area (Å²) in [6.07, 6.45) is 8.17. The van der Waals surface area contributed by atoms with E-state index in [1.165, 1.54) is 37.7 Å². The molecule has 0 radical (unpaired) electrons. The van der Waals surface area contributed by atoms with Crippen molar-refractivity contribution in [3.63, 3.8) is 0 Å². The quantitative estimate of drug-likeness (QED) is 0.900. The SMILES string of the molecule is NC1C2CCC(C2)C1C(=O)NC1CCC(c2ccccc2)CC1. The standard InChI is InChI=1S/C20H28N2O/c21-19-16-7-6-15(12-16)18(19)20(23)22-17-10-8-14(9-11-17)13-4-2-1-3-5-13/h1-5,14-19H,6-12,21H2,(H,22,23). The minimum Gasteiger partial charge on any atom is -0.353 e. The minimum atomic E-state index is 0.0839. The summed E-state index contributed by atoms with van der Waals surface area (Å²) in [5.74, 6) is 2.14. The van der Waals surface area contributed by atoms with Crippen molar-refractivity contribution in [3.05, 3.63) is 35.9 Å². The van der Waals surface area contributed by atoms with Crippen molar-refractivity contribution in [2.45, 2.75) is 62.9 Å². The third-order valence-corrected chi connectivity index (χ3v) is 6.63. The molecule has 23 heavy (non-hydrogen) atoms. The zero-order valence-corrected chi connectivity index (χ0v) is 13.8. The average Bonchev–Trinajstić information content (AvgIpc) is 3.17. The van der Waals surface area contributed by atoms with E-state index < -0.39 is 0 Å². The molecule has 1 aromatic carbocycles. The first-order chi connectivity index (χ1) is 11.2. The lowest BCUT2D eigenvalue weighted by Gasteiger charge is -2.32. The van der Waals surface area contributed by atoms with Crippen LogP contribution in [0, 0.1) is 17.8 Å². The fourth-order valence-corrected chi connectivity index (χ4v) is 5.32. The molecule has 4 rings (SSSR count). The van der Waals surface area contributed by atoms with Crippen molar-refractivity contribution < 1.29 is 4.79 Å². The molecular weight excluding hydrogens is 284 g/mol. The van der Waals surface area contributed by atoms with Gasteiger partial charge in [-0.05, 0) is 68.3 Å². The number of hydrogen-bond donors (Lipinski definition) is 2. The fraction of sp³-hybridized carbons (Fsp3) is 0.650. The number of nitrogens with two attached hydrogens (primary N) is 1. The summed E-state index contributed by atoms with van der Waals surface area (Å²) < 4.78 is 0. The highest BCUT2D eigenvalue weighted by Crippen LogP contribution is 2.47. The number of fused-ring (bicyclic) bond motifs is 2. The van der Waals surface area contributed by atoms with Crippen molar-refractivity contribution in [2.75, 3.05) is 0 Å². The molecule has 1 aromatic rings. The maximum absolute atomic E-state index is 12.7. The van der Waals surface area contributed by atoms with Crippen molar-refractivity contribution in [2.24, 2.45) is 23.5 Å². The van der Waals surface area contributed by atoms with Crippen LogP contribution >= 0.6 is 0 Å². The van der Waals surface area contributed by atoms with Crippen LogP contribution in [0.2, 0.25) is 0 Å². The van der Waals surface area contributed by atoms with Crippen LogP contribution in [-0.2, 0) is 4.79 Å². The third kappa shape index (κ3) is 2.91. The Bertz CT molecular complexity index is 548. The molecular formula is C20H28N2O. The fourth-order valence-electron chi connectivity index (χ4n) is 5.32. The van der Waals surface area contributed by atoms with E-state index in [-0.39, 0.29) is 17.9 Å². The average molecular weight is 312 g/mol. The van der Waals surface area contributed by atoms with Crippen LogP contribution in [0.15, 0.2) is 30.3 Å². The maximum atomic E-state index is 12.7. The zero-order chi connectivity index (χ0) is 15.8. The zero-order valence-electron chi connectivity index (χ0n) is 13.8. The van der Waals surface area contributed by atoms with Crippen LogP contribution in [-0.4, -0.2) is 18.0 Å². The lowest BCUT2D eigenvalue weighted by molar-refractivity contribution is -0.128. The number of rotatable bonds is 3. The number of carbonyl (C=O) groups is 1. The largest absolute Gasteiger partial charge is 0.353 e. The van der Waals surface area contributed by atoms with Crippen molar-refractivity contribution in [1.29, 1.82) is 0 Å². The number of amides is 1. The molecule has 0 aliphatic heterocycles. The van der Waals surface area contributed by atoms with E-state index in [1.807, 2.05) is 0 Å². The molecule has 3 fully saturated rings. The first-order valence-electron chi connectivity index (χ1n) is 9.33. The lowest BCUT2D eigenvalue weighted by Crippen LogP contribution is -2.48. The van der Waals surface area contributed by atoms with Gasteiger partial charge >= 0.3 is 0 Å². The number of hydrogen-bond acceptors (Lipinski definition) is 2. The molecule has 4 atom stereocenters. The molecule has 3 saturated carbocycles. The summed E-state index contributed by atoms with van der Waals surface area (Å²) in [5, 5.41) is 3.33. The summed E-state index contributed by atoms with van der Waals surface area (Å²) in [7, 11) is 0. The van der Waals surface area contributed by atoms with E-state index >= 15 is 0 Å². The monoisotopic (exact) mass is 312 g/mol. The Hall–Kier alpha value is -1.35. The van der Waals surface area contributed by atoms with Gasteiger partial charge in [-0.1, -0.05) is 30.3 Å². The van der Waals surface area contributed by atoms with E-state index in [0.717, 1.165) is 12.8 Å². The van der Waals surface area contributed by atoms with E-state index in [4.69, 9.17) is 5.73 Å². The number of benzene rings is 1. The number of nitrogens with one attached hydrogen (secondary N) is 1. The Morgan fingerprint density at radius 2 is 1.65 bits per heavy atom. The van der Waals surface area contributed by atoms with E-state index in [1.54, 1.807) is 0 Å². The van der Waals surface area contributed by atoms with Gasteiger partial charge in [0.05, 0.1) is 5.92 Å². The smallest absolute Gasteiger partial charge is 0.225 e. The van der Waals surface area contributed by atoms with E-state index in [9.17, 15) is 4.79 Å². The molecule has 0 heterocycles. The predicted octanol–water partition coefficient (Wildman–Crippen LogP) is 3.20. The Kier molecular flexibility index (Phi) is 4.14. The second kappa shape index (κ2) is 6.27. The van der Waals surface area contributed by atoms with Crippen molar-refractivity contribution in [3.8, 4) is 0 Å². The van der Waals surface area contributed by atoms with Gasteiger partial charge < -0.3 is 11.1 Å². The summed E-state index contributed by atoms with van der Waals surface area (Å²) in [6.45, 7) is 0. The van der Waals surface area contributed by atoms with Crippen LogP contribution in [0.4, 0.5) is 0 Å². The molecule has 3 nitrogen and oxygen atoms in total. The molecule has 3 aliphatic carbocycles. The van der Waals surface area contributed by atoms with Crippen molar-refractivity contribution in [1.82, 2.24) is 5.32 Å². The van der Waals surface area contributed by atoms with Gasteiger partial charge in [0.2, 0.25) is 5.91 Å². The van der Waals surface area contributed by atoms with Gasteiger partial charge in [-0.15, -0.1) is 0 Å². The first-order valence-corrected chi connectivity index (χ1v) is 9.33. The van der Waals surface area contributed by atoms with Crippen LogP contribution in [0.25, 0.3) is 0 Å². The highest BCUT2D eigenvalue weighted by Gasteiger charge is 2.49. The van der Waals surface area contributed by atoms with Crippen LogP contribution in [0.1, 0.15) is 56.4 Å². The van der Waals surface area contributed by atoms with Gasteiger partial charge in [-0.3, -0.25) is 4.79 Å². The van der Waals surface area contributed by atoms with Crippen LogP contribution < -0.4 is 11.1 Å². The Morgan fingerprint density at radius 1 is 0.957 bits per heavy atom. The first kappa shape index (κ1) is 15.2. The molecule has 3 heteroatoms. The van der Waals surface area contributed by atoms with Gasteiger partial charge in [0.25, 0.3) is 0 Å². The highest BCUT2D eigenvalue weighted by molar-refractivity contribution is 5.80. The Morgan fingerprint density at radius 3 is 2.30 bits per heavy atom. The Labute approximate surface area is 139 Å². The molecule has 1 amide bonds. The topological polar surface area (TPSA) is 55.1 Å². The molecule has 0 aromatic heterocycles. The Balaban J connectivity index is 1.30. The summed E-state index contributed by atoms with van der Waals surface area (Å²) in [6, 6.07) is 11.3. The van der Waals surface area contributed by atoms with Crippen LogP contribution in [0.3, 0.4) is 0 Å². The molecule has 3 aliphatic rings. The van der Waals surface area contributed by atoms with Gasteiger partial charge in [0, 0.05) is 12.1 Å². The summed E-state index contributed by atoms with van der Waals surface area (Å²) in [5.41, 5.74) is 7.76. The summed E-state index contributed by atoms with van der Waals surface area (Å²) >= 11 is 0. The van der Waals surface area contributed by atoms with Crippen LogP contribution in [0.5, 0.6) is 0 Å². The summed E-state index contributed by atoms with van der Waals surface area (Å²) in [4.78, 5) is 12.7. The van der Waals surface area contributed by atoms with Crippen molar-refractivity contribution >= 4 is 5.91 Å². The van der Waals surface area contributed by atoms with Gasteiger partial charge in [0.1, 0.15) is 0 Å². The van der Waals surface area contributed by atoms with E-state index in [0.29, 0.717) is 23.8 Å². The third-order valence-electron chi connectivity index (χ3n) is 6.63. The second-order valence-corrected chi connectivity index (χ2v) is 7.90. The molecule has 2 bridgehead atoms. The molecule has 124 valence electrons. The maximum Gasteiger partial charge on any atom is 0.225 e. The minimum absolute atomic E-state index is 0.0839. The van der Waals surface area contributed by atoms with Gasteiger partial charge in [-0.25, -0.2) is 0 Å². The van der Waals surface area contributed by atoms with Gasteiger partial charge in [0.15, 0.2) is 0 Å². The molecule has 4 unspecified atom stereocenters. The molecule has 0 saturated heterocycles. The normalized spacial score (nSPS) is 39.3. The van der Waals surface area contributed by atoms with E-state index in [2.05, 4.69) is 35.6 Å².